The molecule has 26 heavy (non-hydrogen) atoms. The van der Waals surface area contributed by atoms with Crippen LogP contribution in [0.3, 0.4) is 0 Å². The predicted octanol–water partition coefficient (Wildman–Crippen LogP) is 2.73. The molecule has 3 aliphatic rings. The Hall–Kier alpha value is -1.17. The number of hydrogen-bond acceptors (Lipinski definition) is 5. The third-order valence-corrected chi connectivity index (χ3v) is 6.86. The number of aryl methyl sites for hydroxylation is 1. The zero-order valence-electron chi connectivity index (χ0n) is 16.3. The van der Waals surface area contributed by atoms with E-state index in [0.29, 0.717) is 0 Å². The van der Waals surface area contributed by atoms with Gasteiger partial charge in [0.2, 0.25) is 0 Å². The summed E-state index contributed by atoms with van der Waals surface area (Å²) in [5.74, 6) is 1.88. The van der Waals surface area contributed by atoms with E-state index in [1.807, 2.05) is 13.3 Å². The van der Waals surface area contributed by atoms with Crippen LogP contribution in [0.25, 0.3) is 0 Å². The Kier molecular flexibility index (Phi) is 5.48. The maximum atomic E-state index is 5.74. The van der Waals surface area contributed by atoms with Gasteiger partial charge < -0.3 is 14.4 Å². The zero-order chi connectivity index (χ0) is 18.0. The summed E-state index contributed by atoms with van der Waals surface area (Å²) in [5, 5.41) is 0. The van der Waals surface area contributed by atoms with Crippen LogP contribution in [0.1, 0.15) is 31.2 Å². The van der Waals surface area contributed by atoms with Crippen molar-refractivity contribution in [2.75, 3.05) is 58.0 Å². The minimum Gasteiger partial charge on any atom is -0.384 e. The first kappa shape index (κ1) is 18.2. The van der Waals surface area contributed by atoms with Gasteiger partial charge in [-0.05, 0) is 50.2 Å². The number of anilines is 1. The van der Waals surface area contributed by atoms with E-state index in [1.54, 1.807) is 0 Å². The third kappa shape index (κ3) is 3.62. The van der Waals surface area contributed by atoms with Crippen LogP contribution in [-0.4, -0.2) is 69.0 Å². The van der Waals surface area contributed by atoms with Gasteiger partial charge >= 0.3 is 0 Å². The average Bonchev–Trinajstić information content (AvgIpc) is 2.68. The lowest BCUT2D eigenvalue weighted by Crippen LogP contribution is -2.57. The Morgan fingerprint density at radius 1 is 1.23 bits per heavy atom. The third-order valence-electron chi connectivity index (χ3n) is 6.86. The molecular weight excluding hydrogens is 326 g/mol. The number of nitrogens with zero attached hydrogens (tertiary/aromatic N) is 3. The molecule has 0 aromatic carbocycles. The van der Waals surface area contributed by atoms with Crippen LogP contribution in [0.4, 0.5) is 5.82 Å². The number of aromatic nitrogens is 1. The summed E-state index contributed by atoms with van der Waals surface area (Å²) in [4.78, 5) is 9.85. The molecule has 2 saturated heterocycles. The van der Waals surface area contributed by atoms with E-state index < -0.39 is 0 Å². The lowest BCUT2D eigenvalue weighted by molar-refractivity contribution is -0.0540. The Balaban J connectivity index is 1.47. The Labute approximate surface area is 157 Å². The fourth-order valence-electron chi connectivity index (χ4n) is 5.40. The van der Waals surface area contributed by atoms with Crippen molar-refractivity contribution in [3.05, 3.63) is 23.9 Å². The first-order valence-electron chi connectivity index (χ1n) is 10.2. The standard InChI is InChI=1S/C21H33N3O2/c1-17-3-4-20(22-14-17)24-8-6-18-13-19(23-9-11-26-12-10-23)5-7-21(18,15-24)16-25-2/h3-4,14,18-19H,5-13,15-16H2,1-2H3/t18-,19-,21+/m1/s1. The highest BCUT2D eigenvalue weighted by Gasteiger charge is 2.48. The second-order valence-electron chi connectivity index (χ2n) is 8.47. The van der Waals surface area contributed by atoms with Gasteiger partial charge in [0.15, 0.2) is 0 Å². The molecule has 3 fully saturated rings. The Morgan fingerprint density at radius 2 is 2.08 bits per heavy atom. The summed E-state index contributed by atoms with van der Waals surface area (Å²) < 4.78 is 11.3. The summed E-state index contributed by atoms with van der Waals surface area (Å²) >= 11 is 0. The average molecular weight is 360 g/mol. The van der Waals surface area contributed by atoms with Crippen LogP contribution >= 0.6 is 0 Å². The molecule has 1 aliphatic carbocycles. The van der Waals surface area contributed by atoms with Crippen LogP contribution in [0.2, 0.25) is 0 Å². The van der Waals surface area contributed by atoms with Crippen molar-refractivity contribution < 1.29 is 9.47 Å². The molecule has 1 aromatic heterocycles. The first-order chi connectivity index (χ1) is 12.7. The van der Waals surface area contributed by atoms with Crippen molar-refractivity contribution in [1.29, 1.82) is 0 Å². The maximum absolute atomic E-state index is 5.74. The molecule has 0 unspecified atom stereocenters. The Morgan fingerprint density at radius 3 is 2.81 bits per heavy atom. The van der Waals surface area contributed by atoms with Crippen LogP contribution in [0.15, 0.2) is 18.3 Å². The van der Waals surface area contributed by atoms with Gasteiger partial charge in [-0.15, -0.1) is 0 Å². The fraction of sp³-hybridized carbons (Fsp3) is 0.762. The molecule has 5 heteroatoms. The second kappa shape index (κ2) is 7.83. The number of rotatable bonds is 4. The highest BCUT2D eigenvalue weighted by molar-refractivity contribution is 5.40. The molecule has 1 saturated carbocycles. The molecule has 5 nitrogen and oxygen atoms in total. The molecule has 0 bridgehead atoms. The normalized spacial score (nSPS) is 33.1. The topological polar surface area (TPSA) is 37.8 Å². The molecule has 0 spiro atoms. The number of hydrogen-bond donors (Lipinski definition) is 0. The molecule has 0 radical (unpaired) electrons. The van der Waals surface area contributed by atoms with Crippen molar-refractivity contribution in [3.63, 3.8) is 0 Å². The van der Waals surface area contributed by atoms with Gasteiger partial charge in [0.25, 0.3) is 0 Å². The largest absolute Gasteiger partial charge is 0.384 e. The molecule has 3 heterocycles. The van der Waals surface area contributed by atoms with Crippen molar-refractivity contribution >= 4 is 5.82 Å². The molecule has 3 atom stereocenters. The molecule has 2 aliphatic heterocycles. The zero-order valence-corrected chi connectivity index (χ0v) is 16.3. The van der Waals surface area contributed by atoms with Gasteiger partial charge in [-0.1, -0.05) is 6.07 Å². The summed E-state index contributed by atoms with van der Waals surface area (Å²) in [6.07, 6.45) is 7.10. The minimum absolute atomic E-state index is 0.280. The number of methoxy groups -OCH3 is 1. The van der Waals surface area contributed by atoms with E-state index in [4.69, 9.17) is 9.47 Å². The van der Waals surface area contributed by atoms with Gasteiger partial charge in [0.1, 0.15) is 5.82 Å². The van der Waals surface area contributed by atoms with Crippen LogP contribution in [-0.2, 0) is 9.47 Å². The second-order valence-corrected chi connectivity index (χ2v) is 8.47. The minimum atomic E-state index is 0.280. The summed E-state index contributed by atoms with van der Waals surface area (Å²) in [5.41, 5.74) is 1.50. The molecule has 0 N–H and O–H groups in total. The Bertz CT molecular complexity index is 587. The lowest BCUT2D eigenvalue weighted by atomic mass is 9.62. The number of piperidine rings is 1. The molecule has 144 valence electrons. The van der Waals surface area contributed by atoms with Gasteiger partial charge in [-0.2, -0.15) is 0 Å². The molecular formula is C21H33N3O2. The summed E-state index contributed by atoms with van der Waals surface area (Å²) in [6.45, 7) is 9.17. The quantitative estimate of drug-likeness (QED) is 0.826. The highest BCUT2D eigenvalue weighted by Crippen LogP contribution is 2.48. The van der Waals surface area contributed by atoms with E-state index in [2.05, 4.69) is 33.8 Å². The van der Waals surface area contributed by atoms with Crippen molar-refractivity contribution in [2.45, 2.75) is 38.6 Å². The van der Waals surface area contributed by atoms with E-state index in [0.717, 1.165) is 63.8 Å². The smallest absolute Gasteiger partial charge is 0.128 e. The maximum Gasteiger partial charge on any atom is 0.128 e. The fourth-order valence-corrected chi connectivity index (χ4v) is 5.40. The highest BCUT2D eigenvalue weighted by atomic mass is 16.5. The first-order valence-corrected chi connectivity index (χ1v) is 10.2. The molecule has 4 rings (SSSR count). The van der Waals surface area contributed by atoms with Crippen LogP contribution in [0.5, 0.6) is 0 Å². The van der Waals surface area contributed by atoms with E-state index in [-0.39, 0.29) is 5.41 Å². The van der Waals surface area contributed by atoms with Crippen molar-refractivity contribution in [3.8, 4) is 0 Å². The number of morpholine rings is 1. The van der Waals surface area contributed by atoms with Crippen LogP contribution in [0, 0.1) is 18.3 Å². The van der Waals surface area contributed by atoms with E-state index in [1.165, 1.54) is 31.2 Å². The number of pyridine rings is 1. The van der Waals surface area contributed by atoms with Crippen molar-refractivity contribution in [1.82, 2.24) is 9.88 Å². The van der Waals surface area contributed by atoms with Gasteiger partial charge in [-0.3, -0.25) is 4.90 Å². The van der Waals surface area contributed by atoms with Crippen LogP contribution < -0.4 is 4.90 Å². The molecule has 1 aromatic rings. The summed E-state index contributed by atoms with van der Waals surface area (Å²) in [7, 11) is 1.86. The number of ether oxygens (including phenoxy) is 2. The SMILES string of the molecule is COC[C@@]12CC[C@@H](N3CCOCC3)C[C@H]1CCN(c1ccc(C)cn1)C2. The molecule has 0 amide bonds. The van der Waals surface area contributed by atoms with E-state index in [9.17, 15) is 0 Å². The van der Waals surface area contributed by atoms with Gasteiger partial charge in [0.05, 0.1) is 19.8 Å². The predicted molar refractivity (Wildman–Crippen MR) is 104 cm³/mol. The summed E-state index contributed by atoms with van der Waals surface area (Å²) in [6, 6.07) is 5.08. The van der Waals surface area contributed by atoms with Gasteiger partial charge in [0, 0.05) is 50.9 Å². The van der Waals surface area contributed by atoms with Crippen molar-refractivity contribution in [2.24, 2.45) is 11.3 Å². The van der Waals surface area contributed by atoms with Gasteiger partial charge in [-0.25, -0.2) is 4.98 Å². The monoisotopic (exact) mass is 359 g/mol. The van der Waals surface area contributed by atoms with E-state index >= 15 is 0 Å². The number of fused-ring (bicyclic) bond motifs is 1. The lowest BCUT2D eigenvalue weighted by Gasteiger charge is -2.54.